The summed E-state index contributed by atoms with van der Waals surface area (Å²) in [5.41, 5.74) is 6.61. The largest absolute Gasteiger partial charge is 0.399 e. The second-order valence-electron chi connectivity index (χ2n) is 4.87. The molecule has 0 aliphatic heterocycles. The third-order valence-corrected chi connectivity index (χ3v) is 2.80. The molecule has 1 heterocycles. The lowest BCUT2D eigenvalue weighted by Crippen LogP contribution is -2.36. The fourth-order valence-electron chi connectivity index (χ4n) is 1.79. The first kappa shape index (κ1) is 13.5. The van der Waals surface area contributed by atoms with Crippen LogP contribution in [0.2, 0.25) is 0 Å². The van der Waals surface area contributed by atoms with Gasteiger partial charge in [-0.3, -0.25) is 9.78 Å². The summed E-state index contributed by atoms with van der Waals surface area (Å²) in [6.07, 6.45) is 2.54. The fourth-order valence-corrected chi connectivity index (χ4v) is 1.79. The van der Waals surface area contributed by atoms with E-state index in [9.17, 15) is 4.79 Å². The Balaban J connectivity index is 2.76. The van der Waals surface area contributed by atoms with Crippen LogP contribution in [0.1, 0.15) is 37.7 Å². The molecule has 0 saturated heterocycles. The van der Waals surface area contributed by atoms with E-state index < -0.39 is 0 Å². The van der Waals surface area contributed by atoms with E-state index in [0.717, 1.165) is 6.42 Å². The van der Waals surface area contributed by atoms with Crippen LogP contribution in [-0.4, -0.2) is 28.9 Å². The highest BCUT2D eigenvalue weighted by Gasteiger charge is 2.19. The summed E-state index contributed by atoms with van der Waals surface area (Å²) in [6.45, 7) is 6.34. The summed E-state index contributed by atoms with van der Waals surface area (Å²) < 4.78 is 0. The van der Waals surface area contributed by atoms with Gasteiger partial charge in [-0.25, -0.2) is 0 Å². The molecule has 0 aliphatic carbocycles. The zero-order valence-corrected chi connectivity index (χ0v) is 11.0. The molecule has 0 aromatic carbocycles. The van der Waals surface area contributed by atoms with Crippen molar-refractivity contribution in [1.82, 2.24) is 9.88 Å². The van der Waals surface area contributed by atoms with Crippen molar-refractivity contribution in [1.29, 1.82) is 0 Å². The van der Waals surface area contributed by atoms with E-state index in [-0.39, 0.29) is 11.9 Å². The molecule has 1 rings (SSSR count). The van der Waals surface area contributed by atoms with Crippen molar-refractivity contribution >= 4 is 11.6 Å². The molecular weight excluding hydrogens is 214 g/mol. The molecule has 0 bridgehead atoms. The molecule has 94 valence electrons. The van der Waals surface area contributed by atoms with Crippen LogP contribution in [-0.2, 0) is 0 Å². The van der Waals surface area contributed by atoms with Gasteiger partial charge in [0.15, 0.2) is 0 Å². The minimum atomic E-state index is -0.0783. The quantitative estimate of drug-likeness (QED) is 0.870. The van der Waals surface area contributed by atoms with E-state index in [4.69, 9.17) is 5.73 Å². The van der Waals surface area contributed by atoms with Crippen molar-refractivity contribution in [2.24, 2.45) is 5.92 Å². The Kier molecular flexibility index (Phi) is 4.49. The number of aromatic nitrogens is 1. The van der Waals surface area contributed by atoms with Crippen LogP contribution in [0.5, 0.6) is 0 Å². The molecule has 1 aromatic rings. The van der Waals surface area contributed by atoms with Crippen molar-refractivity contribution in [2.45, 2.75) is 33.2 Å². The van der Waals surface area contributed by atoms with Gasteiger partial charge in [-0.15, -0.1) is 0 Å². The second kappa shape index (κ2) is 5.66. The number of nitrogens with two attached hydrogens (primary N) is 1. The monoisotopic (exact) mass is 235 g/mol. The third-order valence-electron chi connectivity index (χ3n) is 2.80. The summed E-state index contributed by atoms with van der Waals surface area (Å²) in [6, 6.07) is 3.49. The number of nitrogens with zero attached hydrogens (tertiary/aromatic N) is 2. The Hall–Kier alpha value is -1.58. The van der Waals surface area contributed by atoms with Gasteiger partial charge in [0.25, 0.3) is 5.91 Å². The van der Waals surface area contributed by atoms with Gasteiger partial charge in [0, 0.05) is 25.0 Å². The van der Waals surface area contributed by atoms with E-state index in [0.29, 0.717) is 17.3 Å². The van der Waals surface area contributed by atoms with E-state index >= 15 is 0 Å². The Morgan fingerprint density at radius 2 is 2.12 bits per heavy atom. The zero-order valence-electron chi connectivity index (χ0n) is 11.0. The lowest BCUT2D eigenvalue weighted by atomic mass is 10.0. The van der Waals surface area contributed by atoms with Crippen molar-refractivity contribution in [3.05, 3.63) is 24.0 Å². The Morgan fingerprint density at radius 3 is 2.65 bits per heavy atom. The number of pyridine rings is 1. The SMILES string of the molecule is CC(C)CC(C)N(C)C(=O)c1cc(N)ccn1. The van der Waals surface area contributed by atoms with Crippen molar-refractivity contribution in [3.63, 3.8) is 0 Å². The van der Waals surface area contributed by atoms with Gasteiger partial charge in [0.2, 0.25) is 0 Å². The summed E-state index contributed by atoms with van der Waals surface area (Å²) in [5, 5.41) is 0. The smallest absolute Gasteiger partial charge is 0.272 e. The summed E-state index contributed by atoms with van der Waals surface area (Å²) in [7, 11) is 1.81. The Labute approximate surface area is 103 Å². The van der Waals surface area contributed by atoms with Crippen molar-refractivity contribution in [3.8, 4) is 0 Å². The highest BCUT2D eigenvalue weighted by molar-refractivity contribution is 5.93. The van der Waals surface area contributed by atoms with E-state index in [1.165, 1.54) is 0 Å². The van der Waals surface area contributed by atoms with Gasteiger partial charge in [0.1, 0.15) is 5.69 Å². The Morgan fingerprint density at radius 1 is 1.47 bits per heavy atom. The molecule has 1 amide bonds. The van der Waals surface area contributed by atoms with Gasteiger partial charge in [0.05, 0.1) is 0 Å². The van der Waals surface area contributed by atoms with Gasteiger partial charge >= 0.3 is 0 Å². The average molecular weight is 235 g/mol. The molecule has 0 spiro atoms. The zero-order chi connectivity index (χ0) is 13.0. The minimum absolute atomic E-state index is 0.0783. The van der Waals surface area contributed by atoms with Crippen LogP contribution in [0.4, 0.5) is 5.69 Å². The standard InChI is InChI=1S/C13H21N3O/c1-9(2)7-10(3)16(4)13(17)12-8-11(14)5-6-15-12/h5-6,8-10H,7H2,1-4H3,(H2,14,15). The van der Waals surface area contributed by atoms with Crippen LogP contribution in [0.15, 0.2) is 18.3 Å². The molecule has 0 aliphatic rings. The normalized spacial score (nSPS) is 12.5. The number of amides is 1. The van der Waals surface area contributed by atoms with Crippen LogP contribution in [0.25, 0.3) is 0 Å². The molecule has 17 heavy (non-hydrogen) atoms. The highest BCUT2D eigenvalue weighted by atomic mass is 16.2. The highest BCUT2D eigenvalue weighted by Crippen LogP contribution is 2.13. The topological polar surface area (TPSA) is 59.2 Å². The minimum Gasteiger partial charge on any atom is -0.399 e. The number of anilines is 1. The van der Waals surface area contributed by atoms with Crippen LogP contribution >= 0.6 is 0 Å². The molecule has 1 aromatic heterocycles. The lowest BCUT2D eigenvalue weighted by molar-refractivity contribution is 0.0722. The second-order valence-corrected chi connectivity index (χ2v) is 4.87. The van der Waals surface area contributed by atoms with E-state index in [2.05, 4.69) is 18.8 Å². The molecule has 1 unspecified atom stereocenters. The first-order valence-corrected chi connectivity index (χ1v) is 5.90. The van der Waals surface area contributed by atoms with Crippen LogP contribution in [0.3, 0.4) is 0 Å². The predicted octanol–water partition coefficient (Wildman–Crippen LogP) is 2.17. The molecule has 4 nitrogen and oxygen atoms in total. The molecular formula is C13H21N3O. The first-order chi connectivity index (χ1) is 7.91. The van der Waals surface area contributed by atoms with Crippen LogP contribution in [0, 0.1) is 5.92 Å². The number of carbonyl (C=O) groups is 1. The molecule has 0 radical (unpaired) electrons. The molecule has 1 atom stereocenters. The van der Waals surface area contributed by atoms with Crippen molar-refractivity contribution in [2.75, 3.05) is 12.8 Å². The maximum Gasteiger partial charge on any atom is 0.272 e. The van der Waals surface area contributed by atoms with Gasteiger partial charge in [-0.2, -0.15) is 0 Å². The lowest BCUT2D eigenvalue weighted by Gasteiger charge is -2.26. The summed E-state index contributed by atoms with van der Waals surface area (Å²) >= 11 is 0. The number of nitrogen functional groups attached to an aromatic ring is 1. The van der Waals surface area contributed by atoms with Crippen molar-refractivity contribution < 1.29 is 4.79 Å². The maximum atomic E-state index is 12.1. The molecule has 0 saturated carbocycles. The molecule has 4 heteroatoms. The van der Waals surface area contributed by atoms with Gasteiger partial charge in [-0.05, 0) is 31.4 Å². The molecule has 0 fully saturated rings. The first-order valence-electron chi connectivity index (χ1n) is 5.90. The summed E-state index contributed by atoms with van der Waals surface area (Å²) in [5.74, 6) is 0.486. The average Bonchev–Trinajstić information content (AvgIpc) is 2.26. The number of hydrogen-bond acceptors (Lipinski definition) is 3. The number of carbonyl (C=O) groups excluding carboxylic acids is 1. The molecule has 2 N–H and O–H groups in total. The summed E-state index contributed by atoms with van der Waals surface area (Å²) in [4.78, 5) is 17.9. The van der Waals surface area contributed by atoms with E-state index in [1.54, 1.807) is 30.3 Å². The van der Waals surface area contributed by atoms with E-state index in [1.807, 2.05) is 6.92 Å². The number of rotatable bonds is 4. The fraction of sp³-hybridized carbons (Fsp3) is 0.538. The third kappa shape index (κ3) is 3.73. The number of hydrogen-bond donors (Lipinski definition) is 1. The van der Waals surface area contributed by atoms with Crippen LogP contribution < -0.4 is 5.73 Å². The maximum absolute atomic E-state index is 12.1. The predicted molar refractivity (Wildman–Crippen MR) is 69.7 cm³/mol. The van der Waals surface area contributed by atoms with Gasteiger partial charge in [-0.1, -0.05) is 13.8 Å². The Bertz CT molecular complexity index is 390. The van der Waals surface area contributed by atoms with Gasteiger partial charge < -0.3 is 10.6 Å².